The normalized spacial score (nSPS) is 20.6. The van der Waals surface area contributed by atoms with Crippen LogP contribution in [-0.4, -0.2) is 11.1 Å². The number of rotatable bonds is 2. The zero-order valence-electron chi connectivity index (χ0n) is 11.4. The Balaban J connectivity index is 1.88. The number of fused-ring (bicyclic) bond motifs is 1. The van der Waals surface area contributed by atoms with Gasteiger partial charge < -0.3 is 10.4 Å². The molecule has 20 heavy (non-hydrogen) atoms. The molecule has 2 aromatic carbocycles. The fourth-order valence-electron chi connectivity index (χ4n) is 2.85. The van der Waals surface area contributed by atoms with E-state index >= 15 is 0 Å². The van der Waals surface area contributed by atoms with E-state index in [2.05, 4.69) is 39.4 Å². The van der Waals surface area contributed by atoms with E-state index in [9.17, 15) is 5.11 Å². The van der Waals surface area contributed by atoms with Crippen molar-refractivity contribution in [3.05, 3.63) is 64.1 Å². The van der Waals surface area contributed by atoms with Crippen LogP contribution >= 0.6 is 15.9 Å². The number of nitrogens with one attached hydrogen (secondary N) is 1. The van der Waals surface area contributed by atoms with Gasteiger partial charge in [0, 0.05) is 10.2 Å². The third kappa shape index (κ3) is 2.48. The summed E-state index contributed by atoms with van der Waals surface area (Å²) in [6.45, 7) is 1.89. The van der Waals surface area contributed by atoms with Gasteiger partial charge in [-0.1, -0.05) is 46.3 Å². The van der Waals surface area contributed by atoms with Gasteiger partial charge in [-0.15, -0.1) is 0 Å². The average Bonchev–Trinajstić information content (AvgIpc) is 2.47. The van der Waals surface area contributed by atoms with Crippen molar-refractivity contribution in [1.29, 1.82) is 0 Å². The number of halogens is 1. The fraction of sp³-hybridized carbons (Fsp3) is 0.294. The predicted octanol–water partition coefficient (Wildman–Crippen LogP) is 4.08. The Bertz CT molecular complexity index is 607. The number of anilines is 1. The molecule has 0 spiro atoms. The number of benzene rings is 2. The second-order valence-electron chi connectivity index (χ2n) is 5.55. The summed E-state index contributed by atoms with van der Waals surface area (Å²) in [7, 11) is 0. The lowest BCUT2D eigenvalue weighted by molar-refractivity contribution is 0.0322. The van der Waals surface area contributed by atoms with E-state index in [-0.39, 0.29) is 6.04 Å². The Kier molecular flexibility index (Phi) is 3.57. The summed E-state index contributed by atoms with van der Waals surface area (Å²) >= 11 is 3.43. The van der Waals surface area contributed by atoms with Gasteiger partial charge in [0.25, 0.3) is 0 Å². The maximum absolute atomic E-state index is 10.9. The fourth-order valence-corrected chi connectivity index (χ4v) is 3.11. The summed E-state index contributed by atoms with van der Waals surface area (Å²) in [5.41, 5.74) is 2.53. The molecule has 0 aromatic heterocycles. The van der Waals surface area contributed by atoms with Crippen molar-refractivity contribution in [2.75, 3.05) is 5.32 Å². The Labute approximate surface area is 128 Å². The molecule has 3 rings (SSSR count). The molecule has 2 nitrogen and oxygen atoms in total. The van der Waals surface area contributed by atoms with Crippen LogP contribution in [0.2, 0.25) is 0 Å². The van der Waals surface area contributed by atoms with Crippen LogP contribution in [-0.2, 0) is 12.0 Å². The van der Waals surface area contributed by atoms with E-state index in [0.29, 0.717) is 0 Å². The third-order valence-electron chi connectivity index (χ3n) is 4.16. The second-order valence-corrected chi connectivity index (χ2v) is 6.46. The van der Waals surface area contributed by atoms with Gasteiger partial charge in [-0.05, 0) is 49.1 Å². The van der Waals surface area contributed by atoms with Crippen molar-refractivity contribution in [1.82, 2.24) is 0 Å². The van der Waals surface area contributed by atoms with Crippen molar-refractivity contribution >= 4 is 21.6 Å². The van der Waals surface area contributed by atoms with Crippen molar-refractivity contribution in [2.45, 2.75) is 31.4 Å². The van der Waals surface area contributed by atoms with Gasteiger partial charge in [0.1, 0.15) is 5.60 Å². The highest BCUT2D eigenvalue weighted by Gasteiger charge is 2.35. The van der Waals surface area contributed by atoms with E-state index in [1.807, 2.05) is 37.3 Å². The number of hydrogen-bond acceptors (Lipinski definition) is 2. The summed E-state index contributed by atoms with van der Waals surface area (Å²) in [4.78, 5) is 0. The van der Waals surface area contributed by atoms with Gasteiger partial charge in [-0.25, -0.2) is 0 Å². The molecule has 0 fully saturated rings. The maximum atomic E-state index is 10.9. The van der Waals surface area contributed by atoms with E-state index < -0.39 is 5.60 Å². The molecule has 0 amide bonds. The van der Waals surface area contributed by atoms with Gasteiger partial charge in [0.05, 0.1) is 6.04 Å². The van der Waals surface area contributed by atoms with Gasteiger partial charge in [0.15, 0.2) is 0 Å². The van der Waals surface area contributed by atoms with Crippen LogP contribution in [0.5, 0.6) is 0 Å². The molecule has 1 aliphatic heterocycles. The van der Waals surface area contributed by atoms with E-state index in [1.165, 1.54) is 5.56 Å². The highest BCUT2D eigenvalue weighted by molar-refractivity contribution is 9.10. The summed E-state index contributed by atoms with van der Waals surface area (Å²) in [6, 6.07) is 16.3. The molecule has 2 aromatic rings. The monoisotopic (exact) mass is 331 g/mol. The Hall–Kier alpha value is -1.32. The largest absolute Gasteiger partial charge is 0.383 e. The average molecular weight is 332 g/mol. The zero-order chi connectivity index (χ0) is 14.2. The second kappa shape index (κ2) is 5.23. The lowest BCUT2D eigenvalue weighted by Gasteiger charge is -2.38. The standard InChI is InChI=1S/C17H18BrNO/c1-17(20,13-7-9-14(18)10-8-13)16-11-6-12-4-2-3-5-15(12)19-16/h2-5,7-10,16,19-20H,6,11H2,1H3. The predicted molar refractivity (Wildman–Crippen MR) is 85.9 cm³/mol. The number of aliphatic hydroxyl groups is 1. The van der Waals surface area contributed by atoms with Crippen LogP contribution in [0.3, 0.4) is 0 Å². The van der Waals surface area contributed by atoms with Gasteiger partial charge in [0.2, 0.25) is 0 Å². The van der Waals surface area contributed by atoms with Crippen LogP contribution in [0, 0.1) is 0 Å². The summed E-state index contributed by atoms with van der Waals surface area (Å²) < 4.78 is 1.03. The van der Waals surface area contributed by atoms with Crippen LogP contribution < -0.4 is 5.32 Å². The number of aryl methyl sites for hydroxylation is 1. The van der Waals surface area contributed by atoms with Crippen LogP contribution in [0.4, 0.5) is 5.69 Å². The first kappa shape index (κ1) is 13.7. The minimum atomic E-state index is -0.881. The van der Waals surface area contributed by atoms with Crippen LogP contribution in [0.1, 0.15) is 24.5 Å². The SMILES string of the molecule is CC(O)(c1ccc(Br)cc1)C1CCc2ccccc2N1. The van der Waals surface area contributed by atoms with Crippen molar-refractivity contribution in [3.8, 4) is 0 Å². The number of para-hydroxylation sites is 1. The lowest BCUT2D eigenvalue weighted by atomic mass is 9.82. The van der Waals surface area contributed by atoms with Crippen LogP contribution in [0.25, 0.3) is 0 Å². The maximum Gasteiger partial charge on any atom is 0.107 e. The molecule has 104 valence electrons. The van der Waals surface area contributed by atoms with Gasteiger partial charge in [-0.3, -0.25) is 0 Å². The third-order valence-corrected chi connectivity index (χ3v) is 4.69. The molecule has 0 saturated heterocycles. The summed E-state index contributed by atoms with van der Waals surface area (Å²) in [6.07, 6.45) is 1.93. The molecular weight excluding hydrogens is 314 g/mol. The lowest BCUT2D eigenvalue weighted by Crippen LogP contribution is -2.44. The summed E-state index contributed by atoms with van der Waals surface area (Å²) in [5, 5.41) is 14.4. The first-order valence-electron chi connectivity index (χ1n) is 6.90. The van der Waals surface area contributed by atoms with Crippen LogP contribution in [0.15, 0.2) is 53.0 Å². The van der Waals surface area contributed by atoms with Gasteiger partial charge in [-0.2, -0.15) is 0 Å². The van der Waals surface area contributed by atoms with E-state index in [4.69, 9.17) is 0 Å². The highest BCUT2D eigenvalue weighted by atomic mass is 79.9. The molecule has 0 bridgehead atoms. The molecule has 0 radical (unpaired) electrons. The van der Waals surface area contributed by atoms with E-state index in [1.54, 1.807) is 0 Å². The minimum Gasteiger partial charge on any atom is -0.383 e. The van der Waals surface area contributed by atoms with E-state index in [0.717, 1.165) is 28.6 Å². The first-order chi connectivity index (χ1) is 9.57. The number of hydrogen-bond donors (Lipinski definition) is 2. The highest BCUT2D eigenvalue weighted by Crippen LogP contribution is 2.34. The smallest absolute Gasteiger partial charge is 0.107 e. The molecule has 0 aliphatic carbocycles. The molecule has 1 aliphatic rings. The van der Waals surface area contributed by atoms with Crippen molar-refractivity contribution in [2.24, 2.45) is 0 Å². The molecule has 2 N–H and O–H groups in total. The molecule has 1 heterocycles. The van der Waals surface area contributed by atoms with Gasteiger partial charge >= 0.3 is 0 Å². The first-order valence-corrected chi connectivity index (χ1v) is 7.69. The van der Waals surface area contributed by atoms with Crippen molar-refractivity contribution in [3.63, 3.8) is 0 Å². The molecule has 0 saturated carbocycles. The quantitative estimate of drug-likeness (QED) is 0.868. The molecule has 2 unspecified atom stereocenters. The molecule has 2 atom stereocenters. The van der Waals surface area contributed by atoms with Crippen molar-refractivity contribution < 1.29 is 5.11 Å². The summed E-state index contributed by atoms with van der Waals surface area (Å²) in [5.74, 6) is 0. The molecule has 3 heteroatoms. The topological polar surface area (TPSA) is 32.3 Å². The zero-order valence-corrected chi connectivity index (χ0v) is 13.0. The Morgan fingerprint density at radius 2 is 1.85 bits per heavy atom. The Morgan fingerprint density at radius 1 is 1.15 bits per heavy atom. The minimum absolute atomic E-state index is 0.0265. The molecular formula is C17H18BrNO. The Morgan fingerprint density at radius 3 is 2.60 bits per heavy atom.